The Morgan fingerprint density at radius 3 is 2.58 bits per heavy atom. The topological polar surface area (TPSA) is 15.7 Å². The molecule has 0 aromatic heterocycles. The summed E-state index contributed by atoms with van der Waals surface area (Å²) in [6.45, 7) is 8.48. The van der Waals surface area contributed by atoms with Crippen LogP contribution in [0.5, 0.6) is 5.75 Å². The van der Waals surface area contributed by atoms with Crippen molar-refractivity contribution in [3.05, 3.63) is 30.3 Å². The van der Waals surface area contributed by atoms with Crippen LogP contribution in [-0.2, 0) is 0 Å². The predicted octanol–water partition coefficient (Wildman–Crippen LogP) is 3.65. The number of nitrogens with zero attached hydrogens (tertiary/aromatic N) is 2. The summed E-state index contributed by atoms with van der Waals surface area (Å²) in [7, 11) is 0. The number of para-hydroxylation sites is 1. The molecule has 2 saturated heterocycles. The fraction of sp³-hybridized carbons (Fsp3) is 0.714. The lowest BCUT2D eigenvalue weighted by molar-refractivity contribution is 0.0773. The molecular formula is C21H32N2O. The van der Waals surface area contributed by atoms with Crippen molar-refractivity contribution in [2.24, 2.45) is 11.3 Å². The van der Waals surface area contributed by atoms with Crippen molar-refractivity contribution < 1.29 is 4.74 Å². The van der Waals surface area contributed by atoms with E-state index in [9.17, 15) is 0 Å². The molecule has 3 aliphatic rings. The maximum Gasteiger partial charge on any atom is 0.119 e. The van der Waals surface area contributed by atoms with E-state index in [2.05, 4.69) is 9.80 Å². The molecule has 24 heavy (non-hydrogen) atoms. The molecule has 132 valence electrons. The highest BCUT2D eigenvalue weighted by atomic mass is 16.5. The van der Waals surface area contributed by atoms with Crippen molar-refractivity contribution in [2.75, 3.05) is 45.9 Å². The zero-order chi connectivity index (χ0) is 16.2. The summed E-state index contributed by atoms with van der Waals surface area (Å²) in [5, 5.41) is 0. The SMILES string of the molecule is c1ccc(OCCN2CCC[C@]3(CCN(CC4CCC4)C3)C2)cc1. The molecule has 1 aromatic carbocycles. The average molecular weight is 329 g/mol. The van der Waals surface area contributed by atoms with Crippen molar-refractivity contribution in [1.82, 2.24) is 9.80 Å². The third kappa shape index (κ3) is 3.94. The lowest BCUT2D eigenvalue weighted by Crippen LogP contribution is -2.46. The van der Waals surface area contributed by atoms with Crippen molar-refractivity contribution in [2.45, 2.75) is 38.5 Å². The number of benzene rings is 1. The first-order chi connectivity index (χ1) is 11.8. The average Bonchev–Trinajstić information content (AvgIpc) is 2.94. The second-order valence-corrected chi connectivity index (χ2v) is 8.32. The van der Waals surface area contributed by atoms with Gasteiger partial charge in [-0.3, -0.25) is 4.90 Å². The van der Waals surface area contributed by atoms with Gasteiger partial charge in [-0.15, -0.1) is 0 Å². The molecule has 2 heterocycles. The molecule has 3 nitrogen and oxygen atoms in total. The Bertz CT molecular complexity index is 516. The van der Waals surface area contributed by atoms with Crippen LogP contribution in [0.2, 0.25) is 0 Å². The van der Waals surface area contributed by atoms with E-state index in [4.69, 9.17) is 4.74 Å². The highest BCUT2D eigenvalue weighted by molar-refractivity contribution is 5.20. The van der Waals surface area contributed by atoms with Crippen molar-refractivity contribution >= 4 is 0 Å². The zero-order valence-corrected chi connectivity index (χ0v) is 15.0. The first kappa shape index (κ1) is 16.4. The van der Waals surface area contributed by atoms with Crippen LogP contribution in [0, 0.1) is 11.3 Å². The lowest BCUT2D eigenvalue weighted by atomic mass is 9.79. The summed E-state index contributed by atoms with van der Waals surface area (Å²) < 4.78 is 5.90. The van der Waals surface area contributed by atoms with Crippen LogP contribution < -0.4 is 4.74 Å². The highest BCUT2D eigenvalue weighted by Gasteiger charge is 2.41. The largest absolute Gasteiger partial charge is 0.492 e. The number of hydrogen-bond acceptors (Lipinski definition) is 3. The van der Waals surface area contributed by atoms with Gasteiger partial charge in [-0.25, -0.2) is 0 Å². The van der Waals surface area contributed by atoms with Gasteiger partial charge >= 0.3 is 0 Å². The van der Waals surface area contributed by atoms with Crippen LogP contribution in [-0.4, -0.2) is 55.7 Å². The van der Waals surface area contributed by atoms with Crippen LogP contribution in [0.3, 0.4) is 0 Å². The Balaban J connectivity index is 1.23. The highest BCUT2D eigenvalue weighted by Crippen LogP contribution is 2.40. The van der Waals surface area contributed by atoms with E-state index >= 15 is 0 Å². The molecule has 2 aliphatic heterocycles. The van der Waals surface area contributed by atoms with E-state index in [1.165, 1.54) is 71.2 Å². The summed E-state index contributed by atoms with van der Waals surface area (Å²) in [4.78, 5) is 5.42. The minimum atomic E-state index is 0.578. The van der Waals surface area contributed by atoms with E-state index in [1.54, 1.807) is 0 Å². The summed E-state index contributed by atoms with van der Waals surface area (Å²) >= 11 is 0. The Morgan fingerprint density at radius 1 is 0.958 bits per heavy atom. The summed E-state index contributed by atoms with van der Waals surface area (Å²) in [6, 6.07) is 10.2. The van der Waals surface area contributed by atoms with Gasteiger partial charge < -0.3 is 9.64 Å². The molecule has 0 N–H and O–H groups in total. The molecule has 0 bridgehead atoms. The smallest absolute Gasteiger partial charge is 0.119 e. The van der Waals surface area contributed by atoms with Crippen LogP contribution in [0.25, 0.3) is 0 Å². The maximum atomic E-state index is 5.90. The van der Waals surface area contributed by atoms with Gasteiger partial charge in [0, 0.05) is 26.2 Å². The Labute approximate surface area is 147 Å². The van der Waals surface area contributed by atoms with Crippen molar-refractivity contribution in [1.29, 1.82) is 0 Å². The van der Waals surface area contributed by atoms with Gasteiger partial charge in [0.05, 0.1) is 0 Å². The van der Waals surface area contributed by atoms with Crippen molar-refractivity contribution in [3.8, 4) is 5.75 Å². The van der Waals surface area contributed by atoms with Gasteiger partial charge in [0.2, 0.25) is 0 Å². The molecule has 1 aliphatic carbocycles. The molecule has 3 heteroatoms. The predicted molar refractivity (Wildman–Crippen MR) is 98.4 cm³/mol. The summed E-state index contributed by atoms with van der Waals surface area (Å²) in [6.07, 6.45) is 8.64. The fourth-order valence-corrected chi connectivity index (χ4v) is 4.87. The first-order valence-corrected chi connectivity index (χ1v) is 9.94. The van der Waals surface area contributed by atoms with Gasteiger partial charge in [0.25, 0.3) is 0 Å². The lowest BCUT2D eigenvalue weighted by Gasteiger charge is -2.41. The molecule has 4 rings (SSSR count). The van der Waals surface area contributed by atoms with Crippen LogP contribution in [0.4, 0.5) is 0 Å². The van der Waals surface area contributed by atoms with E-state index in [0.29, 0.717) is 5.41 Å². The molecule has 1 spiro atoms. The first-order valence-electron chi connectivity index (χ1n) is 9.94. The third-order valence-corrected chi connectivity index (χ3v) is 6.42. The van der Waals surface area contributed by atoms with Crippen LogP contribution in [0.15, 0.2) is 30.3 Å². The normalized spacial score (nSPS) is 29.0. The monoisotopic (exact) mass is 328 g/mol. The number of hydrogen-bond donors (Lipinski definition) is 0. The second kappa shape index (κ2) is 7.45. The van der Waals surface area contributed by atoms with Gasteiger partial charge in [0.1, 0.15) is 12.4 Å². The number of piperidine rings is 1. The maximum absolute atomic E-state index is 5.90. The fourth-order valence-electron chi connectivity index (χ4n) is 4.87. The van der Waals surface area contributed by atoms with Crippen LogP contribution in [0.1, 0.15) is 38.5 Å². The van der Waals surface area contributed by atoms with Gasteiger partial charge in [-0.2, -0.15) is 0 Å². The molecule has 1 aromatic rings. The quantitative estimate of drug-likeness (QED) is 0.793. The minimum Gasteiger partial charge on any atom is -0.492 e. The Hall–Kier alpha value is -1.06. The standard InChI is InChI=1S/C21H32N2O/c1-2-8-20(9-3-1)24-15-14-22-12-5-10-21(17-22)11-13-23(18-21)16-19-6-4-7-19/h1-3,8-9,19H,4-7,10-18H2/t21-/m0/s1. The number of rotatable bonds is 6. The molecule has 1 atom stereocenters. The van der Waals surface area contributed by atoms with E-state index in [0.717, 1.165) is 24.8 Å². The van der Waals surface area contributed by atoms with E-state index < -0.39 is 0 Å². The van der Waals surface area contributed by atoms with Gasteiger partial charge in [-0.05, 0) is 68.7 Å². The molecule has 0 unspecified atom stereocenters. The Kier molecular flexibility index (Phi) is 5.09. The van der Waals surface area contributed by atoms with Gasteiger partial charge in [0.15, 0.2) is 0 Å². The van der Waals surface area contributed by atoms with E-state index in [-0.39, 0.29) is 0 Å². The second-order valence-electron chi connectivity index (χ2n) is 8.32. The van der Waals surface area contributed by atoms with E-state index in [1.807, 2.05) is 30.3 Å². The minimum absolute atomic E-state index is 0.578. The number of likely N-dealkylation sites (tertiary alicyclic amines) is 2. The number of ether oxygens (including phenoxy) is 1. The third-order valence-electron chi connectivity index (χ3n) is 6.42. The van der Waals surface area contributed by atoms with Crippen LogP contribution >= 0.6 is 0 Å². The Morgan fingerprint density at radius 2 is 1.79 bits per heavy atom. The molecule has 3 fully saturated rings. The molecular weight excluding hydrogens is 296 g/mol. The molecule has 0 amide bonds. The zero-order valence-electron chi connectivity index (χ0n) is 15.0. The molecule has 1 saturated carbocycles. The molecule has 0 radical (unpaired) electrons. The van der Waals surface area contributed by atoms with Crippen molar-refractivity contribution in [3.63, 3.8) is 0 Å². The summed E-state index contributed by atoms with van der Waals surface area (Å²) in [5.74, 6) is 2.01. The summed E-state index contributed by atoms with van der Waals surface area (Å²) in [5.41, 5.74) is 0.578. The van der Waals surface area contributed by atoms with Gasteiger partial charge in [-0.1, -0.05) is 24.6 Å².